The number of rotatable bonds is 6. The van der Waals surface area contributed by atoms with Crippen LogP contribution < -0.4 is 10.1 Å². The molecule has 2 rings (SSSR count). The second kappa shape index (κ2) is 5.68. The number of ether oxygens (including phenoxy) is 1. The first-order valence-corrected chi connectivity index (χ1v) is 6.06. The third-order valence-corrected chi connectivity index (χ3v) is 2.48. The monoisotopic (exact) mass is 249 g/mol. The summed E-state index contributed by atoms with van der Waals surface area (Å²) >= 11 is 0. The summed E-state index contributed by atoms with van der Waals surface area (Å²) in [6, 6.07) is 0. The first-order valence-electron chi connectivity index (χ1n) is 6.06. The molecule has 2 heterocycles. The van der Waals surface area contributed by atoms with Crippen molar-refractivity contribution < 1.29 is 4.74 Å². The Bertz CT molecular complexity index is 508. The number of nitrogens with zero attached hydrogens (tertiary/aromatic N) is 4. The molecule has 0 unspecified atom stereocenters. The van der Waals surface area contributed by atoms with Crippen molar-refractivity contribution in [3.05, 3.63) is 18.6 Å². The van der Waals surface area contributed by atoms with Crippen LogP contribution >= 0.6 is 0 Å². The summed E-state index contributed by atoms with van der Waals surface area (Å²) in [7, 11) is 4.02. The summed E-state index contributed by atoms with van der Waals surface area (Å²) < 4.78 is 7.61. The molecule has 0 bridgehead atoms. The number of hydrogen-bond acceptors (Lipinski definition) is 5. The largest absolute Gasteiger partial charge is 0.474 e. The van der Waals surface area contributed by atoms with E-state index in [4.69, 9.17) is 4.74 Å². The van der Waals surface area contributed by atoms with Crippen LogP contribution in [0.3, 0.4) is 0 Å². The molecule has 2 aromatic rings. The third-order valence-electron chi connectivity index (χ3n) is 2.48. The lowest BCUT2D eigenvalue weighted by Gasteiger charge is -2.12. The molecule has 0 aromatic carbocycles. The van der Waals surface area contributed by atoms with Gasteiger partial charge in [0, 0.05) is 25.5 Å². The summed E-state index contributed by atoms with van der Waals surface area (Å²) in [4.78, 5) is 10.7. The Labute approximate surface area is 107 Å². The van der Waals surface area contributed by atoms with Crippen molar-refractivity contribution in [2.75, 3.05) is 39.1 Å². The highest BCUT2D eigenvalue weighted by molar-refractivity contribution is 5.53. The van der Waals surface area contributed by atoms with E-state index >= 15 is 0 Å². The summed E-state index contributed by atoms with van der Waals surface area (Å²) in [6.45, 7) is 4.30. The van der Waals surface area contributed by atoms with E-state index in [-0.39, 0.29) is 0 Å². The van der Waals surface area contributed by atoms with Gasteiger partial charge < -0.3 is 15.0 Å². The Balaban J connectivity index is 2.20. The Morgan fingerprint density at radius 3 is 3.00 bits per heavy atom. The predicted octanol–water partition coefficient (Wildman–Crippen LogP) is 1.10. The first kappa shape index (κ1) is 12.6. The van der Waals surface area contributed by atoms with Gasteiger partial charge in [0.2, 0.25) is 5.65 Å². The van der Waals surface area contributed by atoms with E-state index in [2.05, 4.69) is 20.2 Å². The van der Waals surface area contributed by atoms with Gasteiger partial charge in [-0.15, -0.1) is 0 Å². The molecular weight excluding hydrogens is 230 g/mol. The van der Waals surface area contributed by atoms with E-state index in [0.29, 0.717) is 12.5 Å². The smallest absolute Gasteiger partial charge is 0.260 e. The summed E-state index contributed by atoms with van der Waals surface area (Å²) in [5.41, 5.74) is 0.746. The van der Waals surface area contributed by atoms with E-state index in [0.717, 1.165) is 24.6 Å². The average Bonchev–Trinajstić information content (AvgIpc) is 2.77. The van der Waals surface area contributed by atoms with Crippen LogP contribution in [0.5, 0.6) is 5.88 Å². The van der Waals surface area contributed by atoms with Gasteiger partial charge in [-0.1, -0.05) is 0 Å². The molecule has 2 aromatic heterocycles. The second-order valence-electron chi connectivity index (χ2n) is 4.27. The lowest BCUT2D eigenvalue weighted by atomic mass is 10.5. The first-order chi connectivity index (χ1) is 8.70. The van der Waals surface area contributed by atoms with Gasteiger partial charge in [-0.05, 0) is 21.0 Å². The fraction of sp³-hybridized carbons (Fsp3) is 0.500. The van der Waals surface area contributed by atoms with Crippen molar-refractivity contribution in [1.29, 1.82) is 0 Å². The molecule has 18 heavy (non-hydrogen) atoms. The number of likely N-dealkylation sites (N-methyl/N-ethyl adjacent to an activating group) is 1. The van der Waals surface area contributed by atoms with E-state index in [1.165, 1.54) is 0 Å². The van der Waals surface area contributed by atoms with Crippen molar-refractivity contribution in [2.45, 2.75) is 6.92 Å². The van der Waals surface area contributed by atoms with Gasteiger partial charge in [0.25, 0.3) is 5.88 Å². The standard InChI is InChI=1S/C12H19N5O/c1-4-13-10-9-17-6-5-14-11(17)12(15-10)18-8-7-16(2)3/h5-6,9,13H,4,7-8H2,1-3H3. The number of hydrogen-bond donors (Lipinski definition) is 1. The SMILES string of the molecule is CCNc1cn2ccnc2c(OCCN(C)C)n1. The molecule has 6 nitrogen and oxygen atoms in total. The molecule has 0 saturated heterocycles. The molecule has 0 saturated carbocycles. The minimum Gasteiger partial charge on any atom is -0.474 e. The van der Waals surface area contributed by atoms with Gasteiger partial charge in [-0.3, -0.25) is 4.40 Å². The van der Waals surface area contributed by atoms with Crippen LogP contribution in [0.4, 0.5) is 5.82 Å². The molecule has 98 valence electrons. The molecule has 0 atom stereocenters. The highest BCUT2D eigenvalue weighted by Gasteiger charge is 2.08. The van der Waals surface area contributed by atoms with Crippen LogP contribution in [0.25, 0.3) is 5.65 Å². The highest BCUT2D eigenvalue weighted by Crippen LogP contribution is 2.18. The van der Waals surface area contributed by atoms with E-state index < -0.39 is 0 Å². The van der Waals surface area contributed by atoms with Crippen LogP contribution in [0, 0.1) is 0 Å². The molecule has 0 aliphatic rings. The number of fused-ring (bicyclic) bond motifs is 1. The van der Waals surface area contributed by atoms with E-state index in [1.54, 1.807) is 6.20 Å². The molecule has 0 spiro atoms. The van der Waals surface area contributed by atoms with Crippen molar-refractivity contribution in [1.82, 2.24) is 19.3 Å². The maximum Gasteiger partial charge on any atom is 0.260 e. The lowest BCUT2D eigenvalue weighted by molar-refractivity contribution is 0.255. The summed E-state index contributed by atoms with van der Waals surface area (Å²) in [6.07, 6.45) is 5.53. The maximum absolute atomic E-state index is 5.70. The van der Waals surface area contributed by atoms with Crippen LogP contribution in [-0.4, -0.2) is 53.1 Å². The molecule has 0 aliphatic heterocycles. The zero-order chi connectivity index (χ0) is 13.0. The van der Waals surface area contributed by atoms with Gasteiger partial charge in [-0.2, -0.15) is 4.98 Å². The minimum absolute atomic E-state index is 0.570. The molecule has 6 heteroatoms. The zero-order valence-electron chi connectivity index (χ0n) is 11.1. The summed E-state index contributed by atoms with van der Waals surface area (Å²) in [5.74, 6) is 1.36. The zero-order valence-corrected chi connectivity index (χ0v) is 11.1. The number of imidazole rings is 1. The van der Waals surface area contributed by atoms with Gasteiger partial charge in [0.1, 0.15) is 12.4 Å². The highest BCUT2D eigenvalue weighted by atomic mass is 16.5. The fourth-order valence-electron chi connectivity index (χ4n) is 1.59. The van der Waals surface area contributed by atoms with E-state index in [1.807, 2.05) is 37.8 Å². The van der Waals surface area contributed by atoms with Crippen LogP contribution in [0.2, 0.25) is 0 Å². The molecule has 0 fully saturated rings. The molecule has 1 N–H and O–H groups in total. The Hall–Kier alpha value is -1.82. The van der Waals surface area contributed by atoms with Gasteiger partial charge >= 0.3 is 0 Å². The van der Waals surface area contributed by atoms with Gasteiger partial charge in [-0.25, -0.2) is 4.98 Å². The Morgan fingerprint density at radius 1 is 1.44 bits per heavy atom. The van der Waals surface area contributed by atoms with Crippen molar-refractivity contribution >= 4 is 11.5 Å². The molecule has 0 aliphatic carbocycles. The van der Waals surface area contributed by atoms with Crippen LogP contribution in [-0.2, 0) is 0 Å². The minimum atomic E-state index is 0.570. The van der Waals surface area contributed by atoms with Crippen molar-refractivity contribution in [2.24, 2.45) is 0 Å². The molecule has 0 radical (unpaired) electrons. The maximum atomic E-state index is 5.70. The Morgan fingerprint density at radius 2 is 2.28 bits per heavy atom. The van der Waals surface area contributed by atoms with Crippen molar-refractivity contribution in [3.8, 4) is 5.88 Å². The quantitative estimate of drug-likeness (QED) is 0.831. The number of aromatic nitrogens is 3. The van der Waals surface area contributed by atoms with Gasteiger partial charge in [0.05, 0.1) is 6.20 Å². The van der Waals surface area contributed by atoms with E-state index in [9.17, 15) is 0 Å². The lowest BCUT2D eigenvalue weighted by Crippen LogP contribution is -2.20. The Kier molecular flexibility index (Phi) is 3.99. The van der Waals surface area contributed by atoms with Crippen molar-refractivity contribution in [3.63, 3.8) is 0 Å². The number of nitrogens with one attached hydrogen (secondary N) is 1. The predicted molar refractivity (Wildman–Crippen MR) is 71.2 cm³/mol. The molecular formula is C12H19N5O. The third kappa shape index (κ3) is 2.89. The van der Waals surface area contributed by atoms with Crippen LogP contribution in [0.15, 0.2) is 18.6 Å². The fourth-order valence-corrected chi connectivity index (χ4v) is 1.59. The average molecular weight is 249 g/mol. The molecule has 0 amide bonds. The topological polar surface area (TPSA) is 54.7 Å². The summed E-state index contributed by atoms with van der Waals surface area (Å²) in [5, 5.41) is 3.18. The van der Waals surface area contributed by atoms with Gasteiger partial charge in [0.15, 0.2) is 0 Å². The number of anilines is 1. The normalized spacial score (nSPS) is 11.1. The van der Waals surface area contributed by atoms with Crippen LogP contribution in [0.1, 0.15) is 6.92 Å². The second-order valence-corrected chi connectivity index (χ2v) is 4.27.